The number of imide groups is 1. The molecule has 1 aliphatic carbocycles. The van der Waals surface area contributed by atoms with E-state index in [9.17, 15) is 27.6 Å². The number of piperidine rings is 1. The summed E-state index contributed by atoms with van der Waals surface area (Å²) in [7, 11) is 1.36. The highest BCUT2D eigenvalue weighted by atomic mass is 19.4. The number of aliphatic carboxylic acids is 1. The largest absolute Gasteiger partial charge is 0.490 e. The number of methoxy groups -OCH3 is 1. The van der Waals surface area contributed by atoms with E-state index in [0.717, 1.165) is 35.1 Å². The molecule has 2 unspecified atom stereocenters. The van der Waals surface area contributed by atoms with Gasteiger partial charge in [0.25, 0.3) is 0 Å². The number of aromatic nitrogens is 4. The van der Waals surface area contributed by atoms with Crippen molar-refractivity contribution in [2.24, 2.45) is 17.3 Å². The number of alkyl halides is 3. The molecule has 5 heterocycles. The second-order valence-electron chi connectivity index (χ2n) is 12.2. The Bertz CT molecular complexity index is 1890. The summed E-state index contributed by atoms with van der Waals surface area (Å²) < 4.78 is 46.6. The maximum Gasteiger partial charge on any atom is 0.490 e. The molecular weight excluding hydrogens is 625 g/mol. The Labute approximate surface area is 265 Å². The van der Waals surface area contributed by atoms with Crippen LogP contribution in [-0.4, -0.2) is 92.0 Å². The minimum absolute atomic E-state index is 0.00882. The molecule has 3 aliphatic rings. The second kappa shape index (κ2) is 11.8. The van der Waals surface area contributed by atoms with Crippen LogP contribution in [0.3, 0.4) is 0 Å². The zero-order chi connectivity index (χ0) is 33.8. The topological polar surface area (TPSA) is 157 Å². The van der Waals surface area contributed by atoms with Crippen LogP contribution in [0.1, 0.15) is 29.8 Å². The molecule has 2 aliphatic heterocycles. The molecule has 13 nitrogen and oxygen atoms in total. The molecule has 47 heavy (non-hydrogen) atoms. The van der Waals surface area contributed by atoms with Gasteiger partial charge >= 0.3 is 18.1 Å². The van der Waals surface area contributed by atoms with Gasteiger partial charge in [0.05, 0.1) is 67.0 Å². The maximum atomic E-state index is 12.9. The molecule has 7 rings (SSSR count). The van der Waals surface area contributed by atoms with Gasteiger partial charge in [-0.05, 0) is 35.2 Å². The average Bonchev–Trinajstić information content (AvgIpc) is 3.38. The number of carboxylic acid groups (broad SMARTS) is 1. The van der Waals surface area contributed by atoms with E-state index >= 15 is 0 Å². The predicted octanol–water partition coefficient (Wildman–Crippen LogP) is 2.90. The summed E-state index contributed by atoms with van der Waals surface area (Å²) in [4.78, 5) is 53.4. The molecule has 0 bridgehead atoms. The summed E-state index contributed by atoms with van der Waals surface area (Å²) in [6, 6.07) is 7.49. The molecule has 1 aromatic carbocycles. The molecule has 16 heteroatoms. The number of nitrogens with zero attached hydrogens (tertiary/aromatic N) is 5. The lowest BCUT2D eigenvalue weighted by atomic mass is 10.0. The molecule has 0 radical (unpaired) electrons. The van der Waals surface area contributed by atoms with Gasteiger partial charge in [-0.25, -0.2) is 19.1 Å². The first-order chi connectivity index (χ1) is 22.2. The van der Waals surface area contributed by atoms with Gasteiger partial charge < -0.3 is 24.5 Å². The van der Waals surface area contributed by atoms with Gasteiger partial charge in [-0.2, -0.15) is 18.3 Å². The SMILES string of the molecule is COC(=O)c1cc(-c2ncnn3cc(CN4C(=O)C5C(C4=O)C5(C)C)cc23)c2c(ccn2C[C@@H]2CNCCO2)c1.O=C(O)C(F)(F)F. The van der Waals surface area contributed by atoms with Gasteiger partial charge in [-0.1, -0.05) is 13.8 Å². The third-order valence-corrected chi connectivity index (χ3v) is 8.88. The van der Waals surface area contributed by atoms with Crippen molar-refractivity contribution in [2.45, 2.75) is 39.2 Å². The minimum atomic E-state index is -5.08. The van der Waals surface area contributed by atoms with Gasteiger partial charge in [0.2, 0.25) is 11.8 Å². The summed E-state index contributed by atoms with van der Waals surface area (Å²) in [6.07, 6.45) is 0.202. The summed E-state index contributed by atoms with van der Waals surface area (Å²) in [5.74, 6) is -3.86. The smallest absolute Gasteiger partial charge is 0.475 e. The van der Waals surface area contributed by atoms with E-state index in [1.807, 2.05) is 44.4 Å². The lowest BCUT2D eigenvalue weighted by Gasteiger charge is -2.24. The number of esters is 1. The highest BCUT2D eigenvalue weighted by Gasteiger charge is 2.72. The van der Waals surface area contributed by atoms with E-state index in [4.69, 9.17) is 19.4 Å². The lowest BCUT2D eigenvalue weighted by molar-refractivity contribution is -0.192. The van der Waals surface area contributed by atoms with Crippen LogP contribution in [-0.2, 0) is 36.9 Å². The molecule has 2 saturated heterocycles. The van der Waals surface area contributed by atoms with Crippen molar-refractivity contribution in [3.05, 3.63) is 54.1 Å². The van der Waals surface area contributed by atoms with Crippen molar-refractivity contribution in [1.29, 1.82) is 0 Å². The zero-order valence-electron chi connectivity index (χ0n) is 25.6. The number of morpholine rings is 1. The van der Waals surface area contributed by atoms with Crippen LogP contribution >= 0.6 is 0 Å². The van der Waals surface area contributed by atoms with Crippen molar-refractivity contribution in [2.75, 3.05) is 26.8 Å². The number of fused-ring (bicyclic) bond motifs is 3. The Morgan fingerprint density at radius 1 is 1.17 bits per heavy atom. The van der Waals surface area contributed by atoms with Crippen LogP contribution in [0.15, 0.2) is 43.0 Å². The number of carbonyl (C=O) groups excluding carboxylic acids is 3. The van der Waals surface area contributed by atoms with Crippen molar-refractivity contribution in [3.8, 4) is 11.3 Å². The third kappa shape index (κ3) is 5.82. The van der Waals surface area contributed by atoms with Crippen LogP contribution in [0.25, 0.3) is 27.7 Å². The number of benzene rings is 1. The standard InChI is InChI=1S/C29H30N6O5.C2HF3O2/c1-29(2)22-23(29)27(37)34(26(22)36)12-16-8-21-24(31-15-32-35(21)13-16)20-10-18(28(38)39-3)9-17-4-6-33(25(17)20)14-19-11-30-5-7-40-19;3-2(4,5)1(6)7/h4,6,8-10,13,15,19,22-23,30H,5,7,11-12,14H2,1-3H3;(H,6,7)/t19-,22?,23?;/m0./s1. The Morgan fingerprint density at radius 3 is 2.49 bits per heavy atom. The van der Waals surface area contributed by atoms with E-state index < -0.39 is 18.1 Å². The molecule has 0 spiro atoms. The number of rotatable bonds is 6. The molecule has 3 atom stereocenters. The first-order valence-electron chi connectivity index (χ1n) is 14.7. The molecule has 2 N–H and O–H groups in total. The molecule has 1 saturated carbocycles. The molecule has 248 valence electrons. The van der Waals surface area contributed by atoms with Crippen LogP contribution in [0.4, 0.5) is 13.2 Å². The van der Waals surface area contributed by atoms with Crippen LogP contribution in [0, 0.1) is 17.3 Å². The van der Waals surface area contributed by atoms with Crippen LogP contribution in [0.2, 0.25) is 0 Å². The molecule has 2 amide bonds. The number of likely N-dealkylation sites (tertiary alicyclic amines) is 1. The van der Waals surface area contributed by atoms with E-state index in [-0.39, 0.29) is 41.7 Å². The molecule has 4 aromatic rings. The Balaban J connectivity index is 0.000000499. The van der Waals surface area contributed by atoms with Gasteiger partial charge in [-0.15, -0.1) is 0 Å². The summed E-state index contributed by atoms with van der Waals surface area (Å²) >= 11 is 0. The Kier molecular flexibility index (Phi) is 8.04. The fourth-order valence-electron chi connectivity index (χ4n) is 6.49. The van der Waals surface area contributed by atoms with Crippen molar-refractivity contribution in [3.63, 3.8) is 0 Å². The number of amides is 2. The second-order valence-corrected chi connectivity index (χ2v) is 12.2. The quantitative estimate of drug-likeness (QED) is 0.234. The number of ether oxygens (including phenoxy) is 2. The van der Waals surface area contributed by atoms with Crippen molar-refractivity contribution < 1.29 is 46.9 Å². The summed E-state index contributed by atoms with van der Waals surface area (Å²) in [6.45, 7) is 7.00. The summed E-state index contributed by atoms with van der Waals surface area (Å²) in [5.41, 5.74) is 3.93. The average molecular weight is 657 g/mol. The van der Waals surface area contributed by atoms with E-state index in [1.54, 1.807) is 10.6 Å². The minimum Gasteiger partial charge on any atom is -0.475 e. The number of hydrogen-bond acceptors (Lipinski definition) is 9. The highest BCUT2D eigenvalue weighted by Crippen LogP contribution is 2.63. The van der Waals surface area contributed by atoms with Gasteiger partial charge in [0, 0.05) is 36.4 Å². The highest BCUT2D eigenvalue weighted by molar-refractivity contribution is 6.10. The Morgan fingerprint density at radius 2 is 1.87 bits per heavy atom. The van der Waals surface area contributed by atoms with Crippen molar-refractivity contribution in [1.82, 2.24) is 29.4 Å². The van der Waals surface area contributed by atoms with E-state index in [2.05, 4.69) is 20.0 Å². The van der Waals surface area contributed by atoms with Crippen LogP contribution < -0.4 is 5.32 Å². The number of hydrogen-bond donors (Lipinski definition) is 2. The monoisotopic (exact) mass is 656 g/mol. The summed E-state index contributed by atoms with van der Waals surface area (Å²) in [5, 5.41) is 15.8. The molecular formula is C31H31F3N6O7. The number of carboxylic acids is 1. The van der Waals surface area contributed by atoms with E-state index in [1.165, 1.54) is 18.3 Å². The van der Waals surface area contributed by atoms with Gasteiger partial charge in [-0.3, -0.25) is 14.5 Å². The first-order valence-corrected chi connectivity index (χ1v) is 14.7. The fourth-order valence-corrected chi connectivity index (χ4v) is 6.49. The van der Waals surface area contributed by atoms with Gasteiger partial charge in [0.15, 0.2) is 0 Å². The fraction of sp³-hybridized carbons (Fsp3) is 0.419. The Hall–Kier alpha value is -4.83. The van der Waals surface area contributed by atoms with Crippen LogP contribution in [0.5, 0.6) is 0 Å². The third-order valence-electron chi connectivity index (χ3n) is 8.88. The van der Waals surface area contributed by atoms with Crippen molar-refractivity contribution >= 4 is 40.2 Å². The first kappa shape index (κ1) is 32.1. The number of halogens is 3. The molecule has 3 aromatic heterocycles. The predicted molar refractivity (Wildman–Crippen MR) is 158 cm³/mol. The number of nitrogens with one attached hydrogen (secondary N) is 1. The van der Waals surface area contributed by atoms with E-state index in [0.29, 0.717) is 29.9 Å². The zero-order valence-corrected chi connectivity index (χ0v) is 25.6. The normalized spacial score (nSPS) is 21.8. The number of carbonyl (C=O) groups is 4. The maximum absolute atomic E-state index is 12.9. The van der Waals surface area contributed by atoms with Gasteiger partial charge in [0.1, 0.15) is 6.33 Å². The lowest BCUT2D eigenvalue weighted by Crippen LogP contribution is -2.40. The molecule has 3 fully saturated rings.